The van der Waals surface area contributed by atoms with Crippen LogP contribution in [-0.2, 0) is 28.6 Å². The predicted octanol–water partition coefficient (Wildman–Crippen LogP) is 24.1. The van der Waals surface area contributed by atoms with Crippen LogP contribution in [0.5, 0.6) is 0 Å². The van der Waals surface area contributed by atoms with Crippen LogP contribution in [0.25, 0.3) is 0 Å². The van der Waals surface area contributed by atoms with Gasteiger partial charge in [0.05, 0.1) is 0 Å². The van der Waals surface area contributed by atoms with E-state index in [2.05, 4.69) is 69.4 Å². The highest BCUT2D eigenvalue weighted by Crippen LogP contribution is 2.18. The molecule has 0 fully saturated rings. The van der Waals surface area contributed by atoms with E-state index in [1.807, 2.05) is 0 Å². The summed E-state index contributed by atoms with van der Waals surface area (Å²) in [6, 6.07) is 0. The molecule has 0 saturated carbocycles. The number of ether oxygens (including phenoxy) is 3. The topological polar surface area (TPSA) is 78.9 Å². The van der Waals surface area contributed by atoms with Crippen LogP contribution in [0.15, 0.2) is 48.6 Å². The van der Waals surface area contributed by atoms with Gasteiger partial charge >= 0.3 is 17.9 Å². The Balaban J connectivity index is 4.05. The molecule has 6 heteroatoms. The van der Waals surface area contributed by atoms with Crippen molar-refractivity contribution in [3.63, 3.8) is 0 Å². The van der Waals surface area contributed by atoms with Crippen molar-refractivity contribution < 1.29 is 28.6 Å². The summed E-state index contributed by atoms with van der Waals surface area (Å²) in [5.74, 6) is -0.859. The van der Waals surface area contributed by atoms with Crippen LogP contribution < -0.4 is 0 Å². The van der Waals surface area contributed by atoms with Crippen LogP contribution in [0.1, 0.15) is 380 Å². The number of unbranched alkanes of at least 4 members (excludes halogenated alkanes) is 46. The largest absolute Gasteiger partial charge is 0.462 e. The van der Waals surface area contributed by atoms with Crippen LogP contribution in [-0.4, -0.2) is 37.2 Å². The van der Waals surface area contributed by atoms with Crippen molar-refractivity contribution in [2.45, 2.75) is 386 Å². The molecule has 0 N–H and O–H groups in total. The molecule has 0 aliphatic rings. The molecule has 0 heterocycles. The Bertz CT molecular complexity index is 1360. The van der Waals surface area contributed by atoms with E-state index in [-0.39, 0.29) is 31.1 Å². The molecule has 0 bridgehead atoms. The highest BCUT2D eigenvalue weighted by atomic mass is 16.6. The maximum atomic E-state index is 12.9. The highest BCUT2D eigenvalue weighted by molar-refractivity contribution is 5.71. The SMILES string of the molecule is CCCCCCC/C=C\C/C=C\C/C=C\CCCCCCCCCCCCC(=O)OC(COC(=O)CCCCCCCCC)COC(=O)CCCCCCCCCCCCCCCCCCC/C=C\CCCCCCCCCC. The van der Waals surface area contributed by atoms with Gasteiger partial charge in [-0.1, -0.05) is 326 Å². The molecule has 1 atom stereocenters. The summed E-state index contributed by atoms with van der Waals surface area (Å²) in [6.07, 6.45) is 86.0. The summed E-state index contributed by atoms with van der Waals surface area (Å²) >= 11 is 0. The lowest BCUT2D eigenvalue weighted by Gasteiger charge is -2.18. The third-order valence-electron chi connectivity index (χ3n) is 15.8. The Hall–Kier alpha value is -2.63. The standard InChI is InChI=1S/C73H134O6/c1-4-7-10-13-16-18-20-22-24-26-28-30-32-34-35-36-37-39-40-42-44-46-48-50-52-54-57-60-63-66-72(75)78-69-70(68-77-71(74)65-62-59-56-15-12-9-6-3)79-73(76)67-64-61-58-55-53-51-49-47-45-43-41-38-33-31-29-27-25-23-21-19-17-14-11-8-5-2/h21,23,26-29,33,38,70H,4-20,22,24-25,30-32,34-37,39-69H2,1-3H3/b23-21-,28-26-,29-27-,38-33-. The van der Waals surface area contributed by atoms with Gasteiger partial charge in [-0.05, 0) is 83.5 Å². The van der Waals surface area contributed by atoms with Crippen LogP contribution in [0.4, 0.5) is 0 Å². The Morgan fingerprint density at radius 3 is 0.722 bits per heavy atom. The third kappa shape index (κ3) is 66.1. The van der Waals surface area contributed by atoms with Gasteiger partial charge in [-0.25, -0.2) is 0 Å². The normalized spacial score (nSPS) is 12.3. The molecule has 1 unspecified atom stereocenters. The second-order valence-corrected chi connectivity index (χ2v) is 23.8. The van der Waals surface area contributed by atoms with Gasteiger partial charge in [0.15, 0.2) is 6.10 Å². The summed E-state index contributed by atoms with van der Waals surface area (Å²) < 4.78 is 16.9. The van der Waals surface area contributed by atoms with E-state index in [0.29, 0.717) is 19.3 Å². The molecule has 0 saturated heterocycles. The zero-order chi connectivity index (χ0) is 57.1. The molecule has 6 nitrogen and oxygen atoms in total. The lowest BCUT2D eigenvalue weighted by Crippen LogP contribution is -2.30. The van der Waals surface area contributed by atoms with E-state index >= 15 is 0 Å². The Morgan fingerprint density at radius 1 is 0.253 bits per heavy atom. The fraction of sp³-hybridized carbons (Fsp3) is 0.849. The molecule has 462 valence electrons. The molecule has 0 aromatic rings. The first-order chi connectivity index (χ1) is 39.0. The van der Waals surface area contributed by atoms with E-state index < -0.39 is 6.10 Å². The number of carbonyl (C=O) groups excluding carboxylic acids is 3. The molecule has 0 radical (unpaired) electrons. The van der Waals surface area contributed by atoms with Gasteiger partial charge in [0.2, 0.25) is 0 Å². The molecule has 79 heavy (non-hydrogen) atoms. The minimum absolute atomic E-state index is 0.0705. The Labute approximate surface area is 492 Å². The van der Waals surface area contributed by atoms with Gasteiger partial charge in [-0.15, -0.1) is 0 Å². The number of esters is 3. The molecule has 0 aliphatic carbocycles. The molecule has 0 aliphatic heterocycles. The quantitative estimate of drug-likeness (QED) is 0.0261. The van der Waals surface area contributed by atoms with Crippen LogP contribution >= 0.6 is 0 Å². The Morgan fingerprint density at radius 2 is 0.456 bits per heavy atom. The lowest BCUT2D eigenvalue weighted by molar-refractivity contribution is -0.167. The minimum Gasteiger partial charge on any atom is -0.462 e. The minimum atomic E-state index is -0.772. The van der Waals surface area contributed by atoms with Gasteiger partial charge in [-0.3, -0.25) is 14.4 Å². The monoisotopic (exact) mass is 1110 g/mol. The summed E-state index contributed by atoms with van der Waals surface area (Å²) in [6.45, 7) is 6.64. The molecule has 0 aromatic carbocycles. The van der Waals surface area contributed by atoms with E-state index in [1.54, 1.807) is 0 Å². The van der Waals surface area contributed by atoms with Crippen molar-refractivity contribution in [2.24, 2.45) is 0 Å². The van der Waals surface area contributed by atoms with Crippen LogP contribution in [0.2, 0.25) is 0 Å². The zero-order valence-electron chi connectivity index (χ0n) is 53.2. The van der Waals surface area contributed by atoms with E-state index in [4.69, 9.17) is 14.2 Å². The molecular formula is C73H134O6. The molecular weight excluding hydrogens is 973 g/mol. The number of allylic oxidation sites excluding steroid dienone is 8. The molecule has 0 aromatic heterocycles. The Kier molecular flexibility index (Phi) is 65.6. The maximum Gasteiger partial charge on any atom is 0.306 e. The second kappa shape index (κ2) is 67.9. The first kappa shape index (κ1) is 76.4. The smallest absolute Gasteiger partial charge is 0.306 e. The molecule has 0 spiro atoms. The zero-order valence-corrected chi connectivity index (χ0v) is 53.2. The number of rotatable bonds is 65. The second-order valence-electron chi connectivity index (χ2n) is 23.8. The molecule has 0 rings (SSSR count). The number of carbonyl (C=O) groups is 3. The van der Waals surface area contributed by atoms with Crippen molar-refractivity contribution >= 4 is 17.9 Å². The van der Waals surface area contributed by atoms with Crippen molar-refractivity contribution in [3.05, 3.63) is 48.6 Å². The fourth-order valence-electron chi connectivity index (χ4n) is 10.5. The summed E-state index contributed by atoms with van der Waals surface area (Å²) in [5, 5.41) is 0. The number of hydrogen-bond donors (Lipinski definition) is 0. The van der Waals surface area contributed by atoms with Gasteiger partial charge in [0, 0.05) is 19.3 Å². The highest BCUT2D eigenvalue weighted by Gasteiger charge is 2.19. The van der Waals surface area contributed by atoms with Gasteiger partial charge in [0.1, 0.15) is 13.2 Å². The maximum absolute atomic E-state index is 12.9. The first-order valence-electron chi connectivity index (χ1n) is 35.1. The van der Waals surface area contributed by atoms with Crippen LogP contribution in [0, 0.1) is 0 Å². The summed E-state index contributed by atoms with van der Waals surface area (Å²) in [4.78, 5) is 38.2. The van der Waals surface area contributed by atoms with Crippen LogP contribution in [0.3, 0.4) is 0 Å². The van der Waals surface area contributed by atoms with Crippen molar-refractivity contribution in [3.8, 4) is 0 Å². The summed E-state index contributed by atoms with van der Waals surface area (Å²) in [5.41, 5.74) is 0. The first-order valence-corrected chi connectivity index (χ1v) is 35.1. The average molecular weight is 1110 g/mol. The van der Waals surface area contributed by atoms with E-state index in [9.17, 15) is 14.4 Å². The van der Waals surface area contributed by atoms with Gasteiger partial charge in [0.25, 0.3) is 0 Å². The van der Waals surface area contributed by atoms with Crippen molar-refractivity contribution in [1.29, 1.82) is 0 Å². The van der Waals surface area contributed by atoms with Crippen molar-refractivity contribution in [2.75, 3.05) is 13.2 Å². The third-order valence-corrected chi connectivity index (χ3v) is 15.8. The van der Waals surface area contributed by atoms with E-state index in [0.717, 1.165) is 70.6 Å². The summed E-state index contributed by atoms with van der Waals surface area (Å²) in [7, 11) is 0. The van der Waals surface area contributed by atoms with E-state index in [1.165, 1.54) is 270 Å². The van der Waals surface area contributed by atoms with Crippen molar-refractivity contribution in [1.82, 2.24) is 0 Å². The van der Waals surface area contributed by atoms with Gasteiger partial charge in [-0.2, -0.15) is 0 Å². The number of hydrogen-bond acceptors (Lipinski definition) is 6. The fourth-order valence-corrected chi connectivity index (χ4v) is 10.5. The average Bonchev–Trinajstić information content (AvgIpc) is 3.45. The lowest BCUT2D eigenvalue weighted by atomic mass is 10.0. The molecule has 0 amide bonds. The van der Waals surface area contributed by atoms with Gasteiger partial charge < -0.3 is 14.2 Å². The predicted molar refractivity (Wildman–Crippen MR) is 344 cm³/mol.